The zero-order valence-electron chi connectivity index (χ0n) is 24.4. The second-order valence-electron chi connectivity index (χ2n) is 11.1. The van der Waals surface area contributed by atoms with E-state index in [0.717, 1.165) is 13.2 Å². The number of fused-ring (bicyclic) bond motifs is 5. The number of benzene rings is 2. The van der Waals surface area contributed by atoms with Crippen LogP contribution in [0, 0.1) is 0 Å². The summed E-state index contributed by atoms with van der Waals surface area (Å²) >= 11 is 0. The number of aromatic amines is 1. The van der Waals surface area contributed by atoms with Gasteiger partial charge in [0.05, 0.1) is 40.4 Å². The Balaban J connectivity index is 1.53. The second-order valence-corrected chi connectivity index (χ2v) is 11.1. The van der Waals surface area contributed by atoms with Crippen LogP contribution in [0.1, 0.15) is 71.6 Å². The maximum absolute atomic E-state index is 14.5. The molecule has 2 heterocycles. The van der Waals surface area contributed by atoms with E-state index >= 15 is 0 Å². The minimum absolute atomic E-state index is 0.0698. The molecular weight excluding hydrogens is 594 g/mol. The molecule has 0 unspecified atom stereocenters. The molecule has 7 rings (SSSR count). The van der Waals surface area contributed by atoms with Crippen molar-refractivity contribution in [2.24, 2.45) is 0 Å². The Bertz CT molecular complexity index is 2220. The number of pyridine rings is 1. The number of ether oxygens (including phenoxy) is 1. The molecule has 4 aliphatic rings. The number of Topliss-reactive ketones (excluding diaryl/α,β-unsaturated/α-hetero) is 3. The number of ketones is 4. The molecule has 1 atom stereocenters. The smallest absolute Gasteiger partial charge is 0.260 e. The van der Waals surface area contributed by atoms with Crippen LogP contribution in [0.4, 0.5) is 5.69 Å². The normalized spacial score (nSPS) is 19.9. The van der Waals surface area contributed by atoms with Crippen LogP contribution < -0.4 is 16.0 Å². The predicted molar refractivity (Wildman–Crippen MR) is 166 cm³/mol. The number of hydrogen-bond donors (Lipinski definition) is 5. The van der Waals surface area contributed by atoms with E-state index in [1.807, 2.05) is 13.0 Å². The third-order valence-electron chi connectivity index (χ3n) is 8.88. The molecule has 46 heavy (non-hydrogen) atoms. The van der Waals surface area contributed by atoms with Crippen LogP contribution in [0.25, 0.3) is 16.8 Å². The summed E-state index contributed by atoms with van der Waals surface area (Å²) in [5, 5.41) is 36.2. The summed E-state index contributed by atoms with van der Waals surface area (Å²) in [6, 6.07) is 1.67. The third-order valence-corrected chi connectivity index (χ3v) is 8.88. The molecule has 1 aromatic heterocycles. The van der Waals surface area contributed by atoms with E-state index < -0.39 is 79.4 Å². The van der Waals surface area contributed by atoms with Crippen LogP contribution in [0.5, 0.6) is 17.2 Å². The lowest BCUT2D eigenvalue weighted by Gasteiger charge is -2.29. The van der Waals surface area contributed by atoms with E-state index in [1.54, 1.807) is 53.9 Å². The molecule has 5 N–H and O–H groups in total. The number of phenolic OH excluding ortho intramolecular Hbond substituents is 3. The lowest BCUT2D eigenvalue weighted by molar-refractivity contribution is 0.0790. The van der Waals surface area contributed by atoms with E-state index in [1.165, 1.54) is 0 Å². The molecular formula is C34H25N3O9. The summed E-state index contributed by atoms with van der Waals surface area (Å²) in [4.78, 5) is 71.3. The average molecular weight is 620 g/mol. The summed E-state index contributed by atoms with van der Waals surface area (Å²) in [7, 11) is 1.14. The van der Waals surface area contributed by atoms with Crippen molar-refractivity contribution in [2.45, 2.75) is 25.2 Å². The van der Waals surface area contributed by atoms with Gasteiger partial charge in [0.15, 0.2) is 23.1 Å². The summed E-state index contributed by atoms with van der Waals surface area (Å²) in [5.41, 5.74) is -1.34. The molecule has 12 heteroatoms. The number of nitrogens with one attached hydrogen (secondary N) is 2. The molecule has 12 nitrogen and oxygen atoms in total. The van der Waals surface area contributed by atoms with Crippen LogP contribution in [-0.2, 0) is 16.6 Å². The summed E-state index contributed by atoms with van der Waals surface area (Å²) in [5.74, 6) is -6.75. The van der Waals surface area contributed by atoms with Gasteiger partial charge in [0.25, 0.3) is 5.56 Å². The van der Waals surface area contributed by atoms with Crippen molar-refractivity contribution in [2.75, 3.05) is 12.1 Å². The molecule has 2 aromatic carbocycles. The monoisotopic (exact) mass is 619 g/mol. The number of hydrogen-bond acceptors (Lipinski definition) is 11. The van der Waals surface area contributed by atoms with E-state index in [2.05, 4.69) is 10.4 Å². The number of phenols is 3. The van der Waals surface area contributed by atoms with E-state index in [0.29, 0.717) is 22.3 Å². The second kappa shape index (κ2) is 9.92. The molecule has 1 aliphatic heterocycles. The number of hydrazine groups is 1. The molecule has 0 saturated heterocycles. The number of methoxy groups -OCH3 is 1. The lowest BCUT2D eigenvalue weighted by Crippen LogP contribution is -2.37. The first-order valence-electron chi connectivity index (χ1n) is 14.3. The quantitative estimate of drug-likeness (QED) is 0.163. The van der Waals surface area contributed by atoms with Gasteiger partial charge in [-0.15, -0.1) is 0 Å². The highest BCUT2D eigenvalue weighted by atomic mass is 16.5. The molecule has 0 radical (unpaired) electrons. The standard InChI is InChI=1S/C34H25N3O9/c1-3-4-5-8-15-13-17-20(33(45)36-15)30(42)25-16(26(17)37-12-7-6-11-35-37)9-10-34(25)31(43)23-24(32(34)44)29(41)22-21(28(23)40)18(38)14-19(46-2)27(22)39/h3-8,11-14,35,40-42H,9-10H2,1-2H3,(H,36,45)/b4-3+,8-5+/t34-/m0/s1. The number of carbonyl (C=O) groups is 4. The molecule has 3 aromatic rings. The van der Waals surface area contributed by atoms with Crippen LogP contribution in [0.3, 0.4) is 0 Å². The first-order valence-corrected chi connectivity index (χ1v) is 14.3. The molecule has 0 amide bonds. The Morgan fingerprint density at radius 3 is 2.30 bits per heavy atom. The molecule has 230 valence electrons. The van der Waals surface area contributed by atoms with Gasteiger partial charge in [-0.3, -0.25) is 29.0 Å². The van der Waals surface area contributed by atoms with Gasteiger partial charge in [0, 0.05) is 35.1 Å². The van der Waals surface area contributed by atoms with Gasteiger partial charge in [-0.1, -0.05) is 18.2 Å². The van der Waals surface area contributed by atoms with Gasteiger partial charge in [-0.05, 0) is 49.6 Å². The van der Waals surface area contributed by atoms with Crippen molar-refractivity contribution in [1.29, 1.82) is 0 Å². The maximum Gasteiger partial charge on any atom is 0.260 e. The highest BCUT2D eigenvalue weighted by Crippen LogP contribution is 2.59. The van der Waals surface area contributed by atoms with Crippen LogP contribution in [0.15, 0.2) is 65.5 Å². The molecule has 0 saturated carbocycles. The number of H-pyrrole nitrogens is 1. The number of aromatic nitrogens is 1. The minimum atomic E-state index is -2.18. The van der Waals surface area contributed by atoms with Crippen molar-refractivity contribution in [3.8, 4) is 17.2 Å². The SMILES string of the molecule is C/C=C/C=C/c1cc2c(N3C=CC=CN3)c3c(c(O)c2c(=O)[nH]1)[C@@]1(CC3)C(=O)c2c(O)c3c(c(O)c2C1=O)C(=O)C(OC)=CC3=O. The lowest BCUT2D eigenvalue weighted by atomic mass is 9.76. The molecule has 1 spiro atoms. The Hall–Kier alpha value is -6.17. The predicted octanol–water partition coefficient (Wildman–Crippen LogP) is 3.76. The Morgan fingerprint density at radius 2 is 1.65 bits per heavy atom. The van der Waals surface area contributed by atoms with E-state index in [9.17, 15) is 39.3 Å². The van der Waals surface area contributed by atoms with Crippen molar-refractivity contribution >= 4 is 45.7 Å². The highest BCUT2D eigenvalue weighted by Gasteiger charge is 2.62. The van der Waals surface area contributed by atoms with Gasteiger partial charge in [-0.25, -0.2) is 0 Å². The fourth-order valence-electron chi connectivity index (χ4n) is 6.97. The maximum atomic E-state index is 14.5. The van der Waals surface area contributed by atoms with Gasteiger partial charge < -0.3 is 30.5 Å². The van der Waals surface area contributed by atoms with Crippen LogP contribution in [-0.4, -0.2) is 50.5 Å². The molecule has 0 fully saturated rings. The summed E-state index contributed by atoms with van der Waals surface area (Å²) in [6.07, 6.45) is 14.5. The Morgan fingerprint density at radius 1 is 0.935 bits per heavy atom. The fourth-order valence-corrected chi connectivity index (χ4v) is 6.97. The van der Waals surface area contributed by atoms with Crippen LogP contribution in [0.2, 0.25) is 0 Å². The first kappa shape index (κ1) is 28.6. The Kier molecular flexibility index (Phi) is 6.17. The summed E-state index contributed by atoms with van der Waals surface area (Å²) in [6.45, 7) is 1.84. The first-order chi connectivity index (χ1) is 22.1. The van der Waals surface area contributed by atoms with Crippen molar-refractivity contribution in [3.05, 3.63) is 110 Å². The number of allylic oxidation sites excluding steroid dienone is 7. The van der Waals surface area contributed by atoms with Crippen molar-refractivity contribution in [1.82, 2.24) is 10.4 Å². The number of aromatic hydroxyl groups is 3. The number of nitrogens with zero attached hydrogens (tertiary/aromatic N) is 1. The Labute approximate surface area is 259 Å². The summed E-state index contributed by atoms with van der Waals surface area (Å²) < 4.78 is 4.96. The van der Waals surface area contributed by atoms with E-state index in [-0.39, 0.29) is 23.8 Å². The number of anilines is 1. The van der Waals surface area contributed by atoms with Crippen LogP contribution >= 0.6 is 0 Å². The highest BCUT2D eigenvalue weighted by molar-refractivity contribution is 6.39. The zero-order valence-corrected chi connectivity index (χ0v) is 24.4. The fraction of sp³-hybridized carbons (Fsp3) is 0.147. The van der Waals surface area contributed by atoms with Crippen molar-refractivity contribution < 1.29 is 39.2 Å². The average Bonchev–Trinajstić information content (AvgIpc) is 3.54. The molecule has 3 aliphatic carbocycles. The van der Waals surface area contributed by atoms with Gasteiger partial charge >= 0.3 is 0 Å². The van der Waals surface area contributed by atoms with Gasteiger partial charge in [-0.2, -0.15) is 0 Å². The topological polar surface area (TPSA) is 186 Å². The van der Waals surface area contributed by atoms with Crippen molar-refractivity contribution in [3.63, 3.8) is 0 Å². The van der Waals surface area contributed by atoms with Gasteiger partial charge in [0.1, 0.15) is 22.7 Å². The minimum Gasteiger partial charge on any atom is -0.507 e. The number of carbonyl (C=O) groups excluding carboxylic acids is 4. The third kappa shape index (κ3) is 3.51. The van der Waals surface area contributed by atoms with Gasteiger partial charge in [0.2, 0.25) is 5.78 Å². The largest absolute Gasteiger partial charge is 0.507 e. The molecule has 0 bridgehead atoms. The zero-order chi connectivity index (χ0) is 32.7. The number of rotatable bonds is 4. The van der Waals surface area contributed by atoms with E-state index in [4.69, 9.17) is 4.74 Å².